The van der Waals surface area contributed by atoms with Gasteiger partial charge in [0.05, 0.1) is 19.1 Å². The first-order valence-electron chi connectivity index (χ1n) is 8.22. The Morgan fingerprint density at radius 3 is 2.70 bits per heavy atom. The molecule has 2 amide bonds. The van der Waals surface area contributed by atoms with Crippen LogP contribution in [0.25, 0.3) is 0 Å². The maximum absolute atomic E-state index is 12.7. The number of amides is 2. The smallest absolute Gasteiger partial charge is 0.225 e. The predicted molar refractivity (Wildman–Crippen MR) is 89.1 cm³/mol. The van der Waals surface area contributed by atoms with Gasteiger partial charge in [-0.25, -0.2) is 0 Å². The Morgan fingerprint density at radius 1 is 1.39 bits per heavy atom. The zero-order valence-corrected chi connectivity index (χ0v) is 14.3. The van der Waals surface area contributed by atoms with Gasteiger partial charge in [0.15, 0.2) is 0 Å². The van der Waals surface area contributed by atoms with E-state index >= 15 is 0 Å². The van der Waals surface area contributed by atoms with Crippen molar-refractivity contribution in [3.8, 4) is 5.75 Å². The van der Waals surface area contributed by atoms with Gasteiger partial charge in [-0.05, 0) is 33.3 Å². The summed E-state index contributed by atoms with van der Waals surface area (Å²) in [6.07, 6.45) is 0.978. The van der Waals surface area contributed by atoms with Gasteiger partial charge in [0.1, 0.15) is 5.75 Å². The van der Waals surface area contributed by atoms with E-state index in [1.54, 1.807) is 12.0 Å². The van der Waals surface area contributed by atoms with Crippen LogP contribution in [0.5, 0.6) is 5.75 Å². The number of carbonyl (C=O) groups is 2. The molecule has 0 bridgehead atoms. The summed E-state index contributed by atoms with van der Waals surface area (Å²) < 4.78 is 5.47. The highest BCUT2D eigenvalue weighted by Crippen LogP contribution is 2.40. The molecule has 1 aromatic rings. The standard InChI is InChI=1S/C18H26N2O3/c1-5-20-16(21)11-10-14(18(22)19-12(2)3)17(20)13-8-6-7-9-15(13)23-4/h6-9,12,14,17H,5,10-11H2,1-4H3,(H,19,22)/t14-,17+/m1/s1. The molecule has 0 radical (unpaired) electrons. The molecule has 1 fully saturated rings. The summed E-state index contributed by atoms with van der Waals surface area (Å²) in [5.41, 5.74) is 0.897. The maximum atomic E-state index is 12.7. The number of likely N-dealkylation sites (tertiary alicyclic amines) is 1. The molecule has 5 heteroatoms. The number of rotatable bonds is 5. The van der Waals surface area contributed by atoms with Gasteiger partial charge in [0, 0.05) is 24.6 Å². The van der Waals surface area contributed by atoms with Crippen molar-refractivity contribution in [3.05, 3.63) is 29.8 Å². The summed E-state index contributed by atoms with van der Waals surface area (Å²) in [4.78, 5) is 26.8. The summed E-state index contributed by atoms with van der Waals surface area (Å²) in [7, 11) is 1.61. The molecule has 0 spiro atoms. The van der Waals surface area contributed by atoms with Crippen molar-refractivity contribution in [1.82, 2.24) is 10.2 Å². The Bertz CT molecular complexity index is 571. The molecule has 0 saturated carbocycles. The van der Waals surface area contributed by atoms with Crippen LogP contribution < -0.4 is 10.1 Å². The quantitative estimate of drug-likeness (QED) is 0.907. The van der Waals surface area contributed by atoms with Crippen LogP contribution in [0, 0.1) is 5.92 Å². The average Bonchev–Trinajstić information content (AvgIpc) is 2.53. The molecule has 0 aliphatic carbocycles. The largest absolute Gasteiger partial charge is 0.496 e. The molecule has 1 aliphatic heterocycles. The van der Waals surface area contributed by atoms with Crippen molar-refractivity contribution in [2.75, 3.05) is 13.7 Å². The molecule has 1 aliphatic rings. The first-order valence-corrected chi connectivity index (χ1v) is 8.22. The van der Waals surface area contributed by atoms with E-state index in [-0.39, 0.29) is 29.8 Å². The molecule has 0 aromatic heterocycles. The second kappa shape index (κ2) is 7.49. The lowest BCUT2D eigenvalue weighted by Gasteiger charge is -2.41. The van der Waals surface area contributed by atoms with Crippen LogP contribution in [-0.2, 0) is 9.59 Å². The van der Waals surface area contributed by atoms with E-state index in [4.69, 9.17) is 4.74 Å². The first-order chi connectivity index (χ1) is 11.0. The Hall–Kier alpha value is -2.04. The molecule has 2 rings (SSSR count). The summed E-state index contributed by atoms with van der Waals surface area (Å²) in [5.74, 6) is 0.554. The van der Waals surface area contributed by atoms with Gasteiger partial charge in [-0.3, -0.25) is 9.59 Å². The topological polar surface area (TPSA) is 58.6 Å². The van der Waals surface area contributed by atoms with Crippen molar-refractivity contribution < 1.29 is 14.3 Å². The zero-order chi connectivity index (χ0) is 17.0. The summed E-state index contributed by atoms with van der Waals surface area (Å²) in [6, 6.07) is 7.43. The van der Waals surface area contributed by atoms with Crippen LogP contribution >= 0.6 is 0 Å². The highest BCUT2D eigenvalue weighted by molar-refractivity contribution is 5.85. The van der Waals surface area contributed by atoms with Gasteiger partial charge >= 0.3 is 0 Å². The number of para-hydroxylation sites is 1. The van der Waals surface area contributed by atoms with Crippen molar-refractivity contribution in [2.45, 2.75) is 45.7 Å². The Kier molecular flexibility index (Phi) is 5.64. The highest BCUT2D eigenvalue weighted by atomic mass is 16.5. The van der Waals surface area contributed by atoms with E-state index in [1.165, 1.54) is 0 Å². The molecule has 126 valence electrons. The van der Waals surface area contributed by atoms with Crippen LogP contribution in [0.2, 0.25) is 0 Å². The molecular weight excluding hydrogens is 292 g/mol. The van der Waals surface area contributed by atoms with Crippen LogP contribution in [0.4, 0.5) is 0 Å². The Morgan fingerprint density at radius 2 is 2.09 bits per heavy atom. The number of nitrogens with zero attached hydrogens (tertiary/aromatic N) is 1. The minimum Gasteiger partial charge on any atom is -0.496 e. The molecule has 5 nitrogen and oxygen atoms in total. The van der Waals surface area contributed by atoms with Crippen molar-refractivity contribution in [1.29, 1.82) is 0 Å². The fourth-order valence-electron chi connectivity index (χ4n) is 3.29. The minimum atomic E-state index is -0.281. The van der Waals surface area contributed by atoms with Gasteiger partial charge in [-0.15, -0.1) is 0 Å². The number of piperidine rings is 1. The van der Waals surface area contributed by atoms with Crippen LogP contribution in [0.15, 0.2) is 24.3 Å². The van der Waals surface area contributed by atoms with Gasteiger partial charge in [-0.1, -0.05) is 18.2 Å². The lowest BCUT2D eigenvalue weighted by molar-refractivity contribution is -0.143. The molecule has 0 unspecified atom stereocenters. The van der Waals surface area contributed by atoms with E-state index in [2.05, 4.69) is 5.32 Å². The average molecular weight is 318 g/mol. The predicted octanol–water partition coefficient (Wildman–Crippen LogP) is 2.52. The van der Waals surface area contributed by atoms with E-state index < -0.39 is 0 Å². The van der Waals surface area contributed by atoms with Gasteiger partial charge in [0.2, 0.25) is 11.8 Å². The molecule has 1 heterocycles. The lowest BCUT2D eigenvalue weighted by Crippen LogP contribution is -2.49. The van der Waals surface area contributed by atoms with E-state index in [9.17, 15) is 9.59 Å². The van der Waals surface area contributed by atoms with E-state index in [0.29, 0.717) is 25.1 Å². The minimum absolute atomic E-state index is 0.00172. The molecule has 2 atom stereocenters. The zero-order valence-electron chi connectivity index (χ0n) is 14.3. The third kappa shape index (κ3) is 3.66. The summed E-state index contributed by atoms with van der Waals surface area (Å²) in [6.45, 7) is 6.42. The summed E-state index contributed by atoms with van der Waals surface area (Å²) in [5, 5.41) is 2.99. The Labute approximate surface area is 138 Å². The fraction of sp³-hybridized carbons (Fsp3) is 0.556. The number of hydrogen-bond donors (Lipinski definition) is 1. The van der Waals surface area contributed by atoms with Gasteiger partial charge in [0.25, 0.3) is 0 Å². The highest BCUT2D eigenvalue weighted by Gasteiger charge is 2.41. The second-order valence-electron chi connectivity index (χ2n) is 6.17. The van der Waals surface area contributed by atoms with Crippen molar-refractivity contribution in [2.24, 2.45) is 5.92 Å². The molecule has 1 N–H and O–H groups in total. The molecule has 23 heavy (non-hydrogen) atoms. The lowest BCUT2D eigenvalue weighted by atomic mass is 9.83. The third-order valence-electron chi connectivity index (χ3n) is 4.27. The van der Waals surface area contributed by atoms with Crippen LogP contribution in [0.1, 0.15) is 45.2 Å². The number of carbonyl (C=O) groups excluding carboxylic acids is 2. The number of hydrogen-bond acceptors (Lipinski definition) is 3. The van der Waals surface area contributed by atoms with E-state index in [0.717, 1.165) is 5.56 Å². The SMILES string of the molecule is CCN1C(=O)CC[C@@H](C(=O)NC(C)C)[C@@H]1c1ccccc1OC. The fourth-order valence-corrected chi connectivity index (χ4v) is 3.29. The van der Waals surface area contributed by atoms with Gasteiger partial charge < -0.3 is 15.0 Å². The third-order valence-corrected chi connectivity index (χ3v) is 4.27. The number of nitrogens with one attached hydrogen (secondary N) is 1. The van der Waals surface area contributed by atoms with E-state index in [1.807, 2.05) is 45.0 Å². The molecule has 1 aromatic carbocycles. The molecule has 1 saturated heterocycles. The maximum Gasteiger partial charge on any atom is 0.225 e. The van der Waals surface area contributed by atoms with Crippen LogP contribution in [-0.4, -0.2) is 36.4 Å². The number of benzene rings is 1. The second-order valence-corrected chi connectivity index (χ2v) is 6.17. The number of ether oxygens (including phenoxy) is 1. The summed E-state index contributed by atoms with van der Waals surface area (Å²) >= 11 is 0. The normalized spacial score (nSPS) is 21.4. The first kappa shape index (κ1) is 17.3. The van der Waals surface area contributed by atoms with Crippen molar-refractivity contribution >= 4 is 11.8 Å². The van der Waals surface area contributed by atoms with Gasteiger partial charge in [-0.2, -0.15) is 0 Å². The molecular formula is C18H26N2O3. The Balaban J connectivity index is 2.44. The van der Waals surface area contributed by atoms with Crippen LogP contribution in [0.3, 0.4) is 0 Å². The monoisotopic (exact) mass is 318 g/mol. The number of methoxy groups -OCH3 is 1. The van der Waals surface area contributed by atoms with Crippen molar-refractivity contribution in [3.63, 3.8) is 0 Å².